The number of rotatable bonds is 8. The molecule has 6 nitrogen and oxygen atoms in total. The van der Waals surface area contributed by atoms with Crippen molar-refractivity contribution in [3.05, 3.63) is 60.2 Å². The Morgan fingerprint density at radius 1 is 1.07 bits per heavy atom. The number of hydrogen-bond acceptors (Lipinski definition) is 3. The lowest BCUT2D eigenvalue weighted by molar-refractivity contribution is -0.124. The van der Waals surface area contributed by atoms with Crippen molar-refractivity contribution in [2.45, 2.75) is 32.9 Å². The molecule has 3 N–H and O–H groups in total. The SMILES string of the molecule is CCC(C)C(NC(=O)Nc1cccc(OC)c1)C(=O)NCc1ccccc1. The molecule has 0 bridgehead atoms. The van der Waals surface area contributed by atoms with E-state index in [9.17, 15) is 9.59 Å². The molecular weight excluding hydrogens is 342 g/mol. The summed E-state index contributed by atoms with van der Waals surface area (Å²) in [5.41, 5.74) is 1.61. The molecule has 3 amide bonds. The lowest BCUT2D eigenvalue weighted by Crippen LogP contribution is -2.51. The lowest BCUT2D eigenvalue weighted by atomic mass is 9.98. The van der Waals surface area contributed by atoms with Crippen molar-refractivity contribution in [1.29, 1.82) is 0 Å². The standard InChI is InChI=1S/C21H27N3O3/c1-4-15(2)19(20(25)22-14-16-9-6-5-7-10-16)24-21(26)23-17-11-8-12-18(13-17)27-3/h5-13,15,19H,4,14H2,1-3H3,(H,22,25)(H2,23,24,26). The van der Waals surface area contributed by atoms with Crippen molar-refractivity contribution >= 4 is 17.6 Å². The average Bonchev–Trinajstić information content (AvgIpc) is 2.70. The van der Waals surface area contributed by atoms with Gasteiger partial charge in [-0.15, -0.1) is 0 Å². The van der Waals surface area contributed by atoms with Crippen LogP contribution in [0.1, 0.15) is 25.8 Å². The highest BCUT2D eigenvalue weighted by Crippen LogP contribution is 2.17. The van der Waals surface area contributed by atoms with Gasteiger partial charge in [-0.1, -0.05) is 56.7 Å². The first kappa shape index (κ1) is 20.3. The van der Waals surface area contributed by atoms with Crippen LogP contribution >= 0.6 is 0 Å². The molecule has 0 heterocycles. The highest BCUT2D eigenvalue weighted by atomic mass is 16.5. The zero-order valence-corrected chi connectivity index (χ0v) is 16.0. The van der Waals surface area contributed by atoms with Crippen molar-refractivity contribution in [3.63, 3.8) is 0 Å². The first-order chi connectivity index (χ1) is 13.0. The molecule has 0 aliphatic carbocycles. The van der Waals surface area contributed by atoms with Crippen molar-refractivity contribution in [2.24, 2.45) is 5.92 Å². The van der Waals surface area contributed by atoms with Gasteiger partial charge in [-0.2, -0.15) is 0 Å². The Labute approximate surface area is 160 Å². The Kier molecular flexibility index (Phi) is 7.67. The van der Waals surface area contributed by atoms with E-state index >= 15 is 0 Å². The minimum absolute atomic E-state index is 0.00293. The van der Waals surface area contributed by atoms with E-state index in [2.05, 4.69) is 16.0 Å². The molecule has 0 saturated carbocycles. The zero-order valence-electron chi connectivity index (χ0n) is 16.0. The van der Waals surface area contributed by atoms with Gasteiger partial charge in [0.25, 0.3) is 0 Å². The zero-order chi connectivity index (χ0) is 19.6. The van der Waals surface area contributed by atoms with Gasteiger partial charge in [0.05, 0.1) is 7.11 Å². The molecule has 0 spiro atoms. The van der Waals surface area contributed by atoms with Crippen LogP contribution in [0.4, 0.5) is 10.5 Å². The number of carbonyl (C=O) groups excluding carboxylic acids is 2. The van der Waals surface area contributed by atoms with Crippen LogP contribution in [-0.2, 0) is 11.3 Å². The highest BCUT2D eigenvalue weighted by Gasteiger charge is 2.25. The number of urea groups is 1. The molecule has 0 saturated heterocycles. The number of methoxy groups -OCH3 is 1. The number of amides is 3. The first-order valence-electron chi connectivity index (χ1n) is 9.06. The van der Waals surface area contributed by atoms with Gasteiger partial charge in [0, 0.05) is 18.3 Å². The maximum atomic E-state index is 12.6. The van der Waals surface area contributed by atoms with Gasteiger partial charge in [0.1, 0.15) is 11.8 Å². The fourth-order valence-electron chi connectivity index (χ4n) is 2.61. The van der Waals surface area contributed by atoms with E-state index in [1.165, 1.54) is 0 Å². The minimum Gasteiger partial charge on any atom is -0.497 e. The van der Waals surface area contributed by atoms with E-state index in [1.807, 2.05) is 44.2 Å². The van der Waals surface area contributed by atoms with Gasteiger partial charge in [0.2, 0.25) is 5.91 Å². The quantitative estimate of drug-likeness (QED) is 0.666. The maximum absolute atomic E-state index is 12.6. The van der Waals surface area contributed by atoms with E-state index in [0.717, 1.165) is 12.0 Å². The Hall–Kier alpha value is -3.02. The highest BCUT2D eigenvalue weighted by molar-refractivity contribution is 5.94. The second kappa shape index (κ2) is 10.2. The van der Waals surface area contributed by atoms with E-state index in [4.69, 9.17) is 4.74 Å². The van der Waals surface area contributed by atoms with Gasteiger partial charge in [-0.05, 0) is 23.6 Å². The monoisotopic (exact) mass is 369 g/mol. The summed E-state index contributed by atoms with van der Waals surface area (Å²) in [6, 6.07) is 15.7. The van der Waals surface area contributed by atoms with Crippen LogP contribution in [-0.4, -0.2) is 25.1 Å². The molecule has 0 aromatic heterocycles. The number of nitrogens with one attached hydrogen (secondary N) is 3. The topological polar surface area (TPSA) is 79.5 Å². The number of carbonyl (C=O) groups is 2. The van der Waals surface area contributed by atoms with Crippen molar-refractivity contribution in [2.75, 3.05) is 12.4 Å². The molecule has 2 atom stereocenters. The van der Waals surface area contributed by atoms with Gasteiger partial charge in [-0.25, -0.2) is 4.79 Å². The second-order valence-corrected chi connectivity index (χ2v) is 6.40. The van der Waals surface area contributed by atoms with Crippen LogP contribution in [0.2, 0.25) is 0 Å². The van der Waals surface area contributed by atoms with Crippen molar-refractivity contribution in [1.82, 2.24) is 10.6 Å². The third-order valence-corrected chi connectivity index (χ3v) is 4.42. The maximum Gasteiger partial charge on any atom is 0.319 e. The van der Waals surface area contributed by atoms with Crippen molar-refractivity contribution in [3.8, 4) is 5.75 Å². The predicted molar refractivity (Wildman–Crippen MR) is 107 cm³/mol. The fraction of sp³-hybridized carbons (Fsp3) is 0.333. The molecule has 2 aromatic rings. The normalized spacial score (nSPS) is 12.6. The molecule has 6 heteroatoms. The van der Waals surface area contributed by atoms with Crippen LogP contribution < -0.4 is 20.7 Å². The smallest absolute Gasteiger partial charge is 0.319 e. The number of benzene rings is 2. The Bertz CT molecular complexity index is 749. The van der Waals surface area contributed by atoms with E-state index in [-0.39, 0.29) is 11.8 Å². The summed E-state index contributed by atoms with van der Waals surface area (Å²) < 4.78 is 5.15. The number of anilines is 1. The molecule has 144 valence electrons. The third kappa shape index (κ3) is 6.33. The van der Waals surface area contributed by atoms with Crippen LogP contribution in [0.25, 0.3) is 0 Å². The van der Waals surface area contributed by atoms with Gasteiger partial charge < -0.3 is 20.7 Å². The van der Waals surface area contributed by atoms with Gasteiger partial charge in [0.15, 0.2) is 0 Å². The molecule has 0 radical (unpaired) electrons. The summed E-state index contributed by atoms with van der Waals surface area (Å²) in [7, 11) is 1.56. The second-order valence-electron chi connectivity index (χ2n) is 6.40. The number of hydrogen-bond donors (Lipinski definition) is 3. The van der Waals surface area contributed by atoms with E-state index in [0.29, 0.717) is 18.0 Å². The molecule has 2 aromatic carbocycles. The summed E-state index contributed by atoms with van der Waals surface area (Å²) in [4.78, 5) is 25.0. The summed E-state index contributed by atoms with van der Waals surface area (Å²) in [6.07, 6.45) is 0.767. The summed E-state index contributed by atoms with van der Waals surface area (Å²) in [5, 5.41) is 8.43. The molecule has 0 aliphatic heterocycles. The average molecular weight is 369 g/mol. The van der Waals surface area contributed by atoms with E-state index < -0.39 is 12.1 Å². The predicted octanol–water partition coefficient (Wildman–Crippen LogP) is 3.55. The molecule has 27 heavy (non-hydrogen) atoms. The molecule has 0 fully saturated rings. The Morgan fingerprint density at radius 2 is 1.81 bits per heavy atom. The van der Waals surface area contributed by atoms with Crippen LogP contribution in [0.5, 0.6) is 5.75 Å². The van der Waals surface area contributed by atoms with Crippen LogP contribution in [0, 0.1) is 5.92 Å². The first-order valence-corrected chi connectivity index (χ1v) is 9.06. The largest absolute Gasteiger partial charge is 0.497 e. The van der Waals surface area contributed by atoms with Gasteiger partial charge >= 0.3 is 6.03 Å². The number of ether oxygens (including phenoxy) is 1. The minimum atomic E-state index is -0.621. The van der Waals surface area contributed by atoms with Gasteiger partial charge in [-0.3, -0.25) is 4.79 Å². The lowest BCUT2D eigenvalue weighted by Gasteiger charge is -2.23. The summed E-state index contributed by atoms with van der Waals surface area (Å²) >= 11 is 0. The summed E-state index contributed by atoms with van der Waals surface area (Å²) in [5.74, 6) is 0.442. The van der Waals surface area contributed by atoms with Crippen molar-refractivity contribution < 1.29 is 14.3 Å². The van der Waals surface area contributed by atoms with E-state index in [1.54, 1.807) is 31.4 Å². The van der Waals surface area contributed by atoms with Crippen LogP contribution in [0.15, 0.2) is 54.6 Å². The molecule has 0 aliphatic rings. The Balaban J connectivity index is 1.97. The Morgan fingerprint density at radius 3 is 2.48 bits per heavy atom. The molecule has 2 unspecified atom stereocenters. The third-order valence-electron chi connectivity index (χ3n) is 4.42. The summed E-state index contributed by atoms with van der Waals surface area (Å²) in [6.45, 7) is 4.36. The fourth-order valence-corrected chi connectivity index (χ4v) is 2.61. The molecular formula is C21H27N3O3. The van der Waals surface area contributed by atoms with Crippen LogP contribution in [0.3, 0.4) is 0 Å². The molecule has 2 rings (SSSR count).